The maximum Gasteiger partial charge on any atom is 0.291 e. The summed E-state index contributed by atoms with van der Waals surface area (Å²) in [5.74, 6) is 0. The molecule has 0 atom stereocenters. The molecular weight excluding hydrogens is 324 g/mol. The first-order valence-corrected chi connectivity index (χ1v) is 8.77. The Morgan fingerprint density at radius 1 is 0.833 bits per heavy atom. The highest BCUT2D eigenvalue weighted by Crippen LogP contribution is 2.40. The molecule has 0 saturated heterocycles. The molecule has 0 fully saturated rings. The third-order valence-corrected chi connectivity index (χ3v) is 4.77. The summed E-state index contributed by atoms with van der Waals surface area (Å²) in [7, 11) is -4.36. The molecule has 1 radical (unpaired) electrons. The molecule has 1 aliphatic rings. The van der Waals surface area contributed by atoms with E-state index in [-0.39, 0.29) is 4.91 Å². The minimum absolute atomic E-state index is 0.0957. The van der Waals surface area contributed by atoms with E-state index < -0.39 is 10.1 Å². The Morgan fingerprint density at radius 2 is 1.33 bits per heavy atom. The highest BCUT2D eigenvalue weighted by Gasteiger charge is 2.26. The SMILES string of the molecule is Nc1ccc(C2=CC[CH]C(S(=O)(=O)O)=C2c2ccc(N)cc2)cc1. The normalized spacial score (nSPS) is 15.3. The maximum absolute atomic E-state index is 11.9. The van der Waals surface area contributed by atoms with Crippen LogP contribution >= 0.6 is 0 Å². The van der Waals surface area contributed by atoms with Crippen molar-refractivity contribution in [2.75, 3.05) is 11.5 Å². The molecule has 0 unspecified atom stereocenters. The predicted molar refractivity (Wildman–Crippen MR) is 97.1 cm³/mol. The van der Waals surface area contributed by atoms with Crippen LogP contribution in [0.2, 0.25) is 0 Å². The van der Waals surface area contributed by atoms with Gasteiger partial charge < -0.3 is 11.5 Å². The van der Waals surface area contributed by atoms with Crippen molar-refractivity contribution in [1.82, 2.24) is 0 Å². The number of rotatable bonds is 3. The average molecular weight is 341 g/mol. The van der Waals surface area contributed by atoms with Crippen LogP contribution in [0.25, 0.3) is 11.1 Å². The van der Waals surface area contributed by atoms with Crippen LogP contribution in [0.15, 0.2) is 59.5 Å². The third kappa shape index (κ3) is 3.20. The fourth-order valence-electron chi connectivity index (χ4n) is 2.73. The minimum atomic E-state index is -4.36. The average Bonchev–Trinajstić information content (AvgIpc) is 2.55. The smallest absolute Gasteiger partial charge is 0.291 e. The van der Waals surface area contributed by atoms with Crippen molar-refractivity contribution in [3.63, 3.8) is 0 Å². The fourth-order valence-corrected chi connectivity index (χ4v) is 3.52. The molecule has 0 heterocycles. The summed E-state index contributed by atoms with van der Waals surface area (Å²) in [6, 6.07) is 14.0. The molecule has 24 heavy (non-hydrogen) atoms. The molecule has 0 saturated carbocycles. The van der Waals surface area contributed by atoms with Gasteiger partial charge in [0, 0.05) is 23.4 Å². The zero-order valence-electron chi connectivity index (χ0n) is 12.8. The first kappa shape index (κ1) is 16.3. The van der Waals surface area contributed by atoms with Crippen LogP contribution in [-0.4, -0.2) is 13.0 Å². The molecule has 0 bridgehead atoms. The summed E-state index contributed by atoms with van der Waals surface area (Å²) < 4.78 is 33.4. The fraction of sp³-hybridized carbons (Fsp3) is 0.0556. The Bertz CT molecular complexity index is 925. The quantitative estimate of drug-likeness (QED) is 0.587. The Hall–Kier alpha value is -2.57. The predicted octanol–water partition coefficient (Wildman–Crippen LogP) is 3.14. The Morgan fingerprint density at radius 3 is 1.83 bits per heavy atom. The van der Waals surface area contributed by atoms with E-state index in [9.17, 15) is 13.0 Å². The van der Waals surface area contributed by atoms with Crippen molar-refractivity contribution in [2.24, 2.45) is 0 Å². The standard InChI is InChI=1S/C18H17N2O3S/c19-14-8-4-12(5-9-14)16-2-1-3-17(24(21,22)23)18(16)13-6-10-15(20)11-7-13/h2-11H,1,19-20H2,(H,21,22,23). The second kappa shape index (κ2) is 6.14. The molecule has 3 rings (SSSR count). The van der Waals surface area contributed by atoms with Crippen molar-refractivity contribution in [3.8, 4) is 0 Å². The molecule has 6 heteroatoms. The van der Waals surface area contributed by atoms with Gasteiger partial charge in [-0.25, -0.2) is 0 Å². The van der Waals surface area contributed by atoms with Gasteiger partial charge in [0.15, 0.2) is 0 Å². The van der Waals surface area contributed by atoms with Gasteiger partial charge in [-0.2, -0.15) is 8.42 Å². The van der Waals surface area contributed by atoms with Gasteiger partial charge in [-0.15, -0.1) is 0 Å². The second-order valence-corrected chi connectivity index (χ2v) is 6.91. The minimum Gasteiger partial charge on any atom is -0.399 e. The van der Waals surface area contributed by atoms with Crippen LogP contribution < -0.4 is 11.5 Å². The van der Waals surface area contributed by atoms with Crippen LogP contribution in [-0.2, 0) is 10.1 Å². The molecule has 1 aliphatic carbocycles. The lowest BCUT2D eigenvalue weighted by Gasteiger charge is -2.21. The number of hydrogen-bond acceptors (Lipinski definition) is 4. The number of anilines is 2. The van der Waals surface area contributed by atoms with Crippen LogP contribution in [0, 0.1) is 6.42 Å². The van der Waals surface area contributed by atoms with Crippen LogP contribution in [0.4, 0.5) is 11.4 Å². The van der Waals surface area contributed by atoms with Crippen LogP contribution in [0.5, 0.6) is 0 Å². The molecular formula is C18H17N2O3S. The van der Waals surface area contributed by atoms with Gasteiger partial charge in [-0.3, -0.25) is 4.55 Å². The maximum atomic E-state index is 11.9. The van der Waals surface area contributed by atoms with Gasteiger partial charge in [-0.05, 0) is 47.4 Å². The van der Waals surface area contributed by atoms with Crippen LogP contribution in [0.1, 0.15) is 17.5 Å². The van der Waals surface area contributed by atoms with Gasteiger partial charge in [0.1, 0.15) is 0 Å². The summed E-state index contributed by atoms with van der Waals surface area (Å²) in [5.41, 5.74) is 15.3. The number of hydrogen-bond donors (Lipinski definition) is 3. The number of benzene rings is 2. The van der Waals surface area contributed by atoms with Gasteiger partial charge >= 0.3 is 0 Å². The highest BCUT2D eigenvalue weighted by atomic mass is 32.2. The van der Waals surface area contributed by atoms with Crippen molar-refractivity contribution in [3.05, 3.63) is 77.1 Å². The van der Waals surface area contributed by atoms with Crippen LogP contribution in [0.3, 0.4) is 0 Å². The summed E-state index contributed by atoms with van der Waals surface area (Å²) in [5, 5.41) is 0. The van der Waals surface area contributed by atoms with E-state index in [0.29, 0.717) is 28.9 Å². The van der Waals surface area contributed by atoms with Gasteiger partial charge in [0.25, 0.3) is 10.1 Å². The summed E-state index contributed by atoms with van der Waals surface area (Å²) in [4.78, 5) is -0.0957. The molecule has 2 aromatic rings. The summed E-state index contributed by atoms with van der Waals surface area (Å²) in [6.45, 7) is 0. The molecule has 0 aliphatic heterocycles. The molecule has 2 aromatic carbocycles. The lowest BCUT2D eigenvalue weighted by molar-refractivity contribution is 0.491. The monoisotopic (exact) mass is 341 g/mol. The Balaban J connectivity index is 2.24. The second-order valence-electron chi connectivity index (χ2n) is 5.52. The van der Waals surface area contributed by atoms with Crippen molar-refractivity contribution >= 4 is 32.6 Å². The first-order valence-electron chi connectivity index (χ1n) is 7.33. The lowest BCUT2D eigenvalue weighted by Crippen LogP contribution is -2.10. The first-order chi connectivity index (χ1) is 11.4. The largest absolute Gasteiger partial charge is 0.399 e. The van der Waals surface area contributed by atoms with E-state index in [2.05, 4.69) is 0 Å². The highest BCUT2D eigenvalue weighted by molar-refractivity contribution is 7.90. The molecule has 123 valence electrons. The van der Waals surface area contributed by atoms with Crippen molar-refractivity contribution in [1.29, 1.82) is 0 Å². The van der Waals surface area contributed by atoms with Crippen molar-refractivity contribution < 1.29 is 13.0 Å². The molecule has 0 amide bonds. The van der Waals surface area contributed by atoms with E-state index in [0.717, 1.165) is 11.1 Å². The summed E-state index contributed by atoms with van der Waals surface area (Å²) >= 11 is 0. The van der Waals surface area contributed by atoms with Gasteiger partial charge in [0.05, 0.1) is 4.91 Å². The Kier molecular flexibility index (Phi) is 4.17. The van der Waals surface area contributed by atoms with E-state index in [1.165, 1.54) is 6.42 Å². The molecule has 5 nitrogen and oxygen atoms in total. The van der Waals surface area contributed by atoms with Gasteiger partial charge in [-0.1, -0.05) is 30.3 Å². The Labute approximate surface area is 141 Å². The molecule has 5 N–H and O–H groups in total. The lowest BCUT2D eigenvalue weighted by atomic mass is 9.87. The van der Waals surface area contributed by atoms with E-state index in [4.69, 9.17) is 11.5 Å². The number of nitrogens with two attached hydrogens (primary N) is 2. The number of nitrogen functional groups attached to an aromatic ring is 2. The van der Waals surface area contributed by atoms with E-state index in [1.54, 1.807) is 36.4 Å². The zero-order chi connectivity index (χ0) is 17.3. The summed E-state index contributed by atoms with van der Waals surface area (Å²) in [6.07, 6.45) is 3.83. The number of allylic oxidation sites excluding steroid dienone is 4. The van der Waals surface area contributed by atoms with E-state index >= 15 is 0 Å². The zero-order valence-corrected chi connectivity index (χ0v) is 13.6. The van der Waals surface area contributed by atoms with Crippen molar-refractivity contribution in [2.45, 2.75) is 6.42 Å². The molecule has 0 spiro atoms. The molecule has 0 aromatic heterocycles. The van der Waals surface area contributed by atoms with E-state index in [1.807, 2.05) is 18.2 Å². The third-order valence-electron chi connectivity index (χ3n) is 3.84. The topological polar surface area (TPSA) is 106 Å². The van der Waals surface area contributed by atoms with Gasteiger partial charge in [0.2, 0.25) is 0 Å².